The van der Waals surface area contributed by atoms with Gasteiger partial charge in [-0.05, 0) is 18.8 Å². The Kier molecular flexibility index (Phi) is 4.93. The maximum atomic E-state index is 12.0. The maximum absolute atomic E-state index is 12.0. The van der Waals surface area contributed by atoms with Crippen molar-refractivity contribution in [2.24, 2.45) is 11.7 Å². The second-order valence-corrected chi connectivity index (χ2v) is 5.00. The number of rotatable bonds is 5. The standard InChI is InChI=1S/C13H22N4O2/c1-16(5-4-14)12-8-13(18)17(15-9-12)10-11-2-6-19-7-3-11/h8-9,11H,2-7,10,14H2,1H3. The third kappa shape index (κ3) is 3.78. The molecule has 2 rings (SSSR count). The van der Waals surface area contributed by atoms with Crippen LogP contribution in [0.2, 0.25) is 0 Å². The van der Waals surface area contributed by atoms with Crippen LogP contribution in [0.5, 0.6) is 0 Å². The summed E-state index contributed by atoms with van der Waals surface area (Å²) in [5, 5.41) is 4.26. The Morgan fingerprint density at radius 1 is 1.53 bits per heavy atom. The Bertz CT molecular complexity index is 454. The molecule has 2 N–H and O–H groups in total. The van der Waals surface area contributed by atoms with Gasteiger partial charge in [0.2, 0.25) is 0 Å². The monoisotopic (exact) mass is 266 g/mol. The van der Waals surface area contributed by atoms with Gasteiger partial charge in [0, 0.05) is 46.0 Å². The average Bonchev–Trinajstić information content (AvgIpc) is 2.42. The Morgan fingerprint density at radius 2 is 2.26 bits per heavy atom. The van der Waals surface area contributed by atoms with Crippen molar-refractivity contribution in [2.45, 2.75) is 19.4 Å². The van der Waals surface area contributed by atoms with Crippen LogP contribution in [0.3, 0.4) is 0 Å². The predicted molar refractivity (Wildman–Crippen MR) is 74.4 cm³/mol. The molecule has 1 aromatic rings. The molecule has 106 valence electrons. The topological polar surface area (TPSA) is 73.4 Å². The van der Waals surface area contributed by atoms with Crippen molar-refractivity contribution >= 4 is 5.69 Å². The fourth-order valence-electron chi connectivity index (χ4n) is 2.27. The van der Waals surface area contributed by atoms with E-state index in [1.165, 1.54) is 0 Å². The predicted octanol–water partition coefficient (Wildman–Crippen LogP) is 0.0648. The molecule has 0 atom stereocenters. The number of aromatic nitrogens is 2. The van der Waals surface area contributed by atoms with Crippen molar-refractivity contribution in [2.75, 3.05) is 38.3 Å². The van der Waals surface area contributed by atoms with Gasteiger partial charge in [0.15, 0.2) is 0 Å². The van der Waals surface area contributed by atoms with Gasteiger partial charge in [-0.25, -0.2) is 4.68 Å². The highest BCUT2D eigenvalue weighted by molar-refractivity contribution is 5.41. The molecular formula is C13H22N4O2. The fraction of sp³-hybridized carbons (Fsp3) is 0.692. The summed E-state index contributed by atoms with van der Waals surface area (Å²) in [7, 11) is 1.91. The van der Waals surface area contributed by atoms with Crippen molar-refractivity contribution in [3.63, 3.8) is 0 Å². The van der Waals surface area contributed by atoms with Crippen molar-refractivity contribution < 1.29 is 4.74 Å². The van der Waals surface area contributed by atoms with E-state index in [2.05, 4.69) is 5.10 Å². The van der Waals surface area contributed by atoms with E-state index < -0.39 is 0 Å². The molecule has 1 saturated heterocycles. The van der Waals surface area contributed by atoms with Crippen molar-refractivity contribution in [1.82, 2.24) is 9.78 Å². The summed E-state index contributed by atoms with van der Waals surface area (Å²) in [6.07, 6.45) is 3.74. The minimum Gasteiger partial charge on any atom is -0.381 e. The van der Waals surface area contributed by atoms with Crippen LogP contribution >= 0.6 is 0 Å². The van der Waals surface area contributed by atoms with Gasteiger partial charge in [-0.15, -0.1) is 0 Å². The number of likely N-dealkylation sites (N-methyl/N-ethyl adjacent to an activating group) is 1. The largest absolute Gasteiger partial charge is 0.381 e. The molecule has 1 aliphatic heterocycles. The smallest absolute Gasteiger partial charge is 0.268 e. The van der Waals surface area contributed by atoms with E-state index >= 15 is 0 Å². The SMILES string of the molecule is CN(CCN)c1cnn(CC2CCOCC2)c(=O)c1. The third-order valence-electron chi connectivity index (χ3n) is 3.53. The molecule has 1 aromatic heterocycles. The minimum atomic E-state index is -0.0483. The molecule has 19 heavy (non-hydrogen) atoms. The summed E-state index contributed by atoms with van der Waals surface area (Å²) >= 11 is 0. The first-order chi connectivity index (χ1) is 9.20. The highest BCUT2D eigenvalue weighted by atomic mass is 16.5. The molecule has 0 unspecified atom stereocenters. The van der Waals surface area contributed by atoms with Crippen LogP contribution in [0.25, 0.3) is 0 Å². The zero-order valence-electron chi connectivity index (χ0n) is 11.4. The summed E-state index contributed by atoms with van der Waals surface area (Å²) in [4.78, 5) is 14.0. The molecule has 1 aliphatic rings. The molecule has 0 aliphatic carbocycles. The Labute approximate surface area is 113 Å². The van der Waals surface area contributed by atoms with Gasteiger partial charge in [-0.3, -0.25) is 4.79 Å². The van der Waals surface area contributed by atoms with E-state index in [4.69, 9.17) is 10.5 Å². The summed E-state index contributed by atoms with van der Waals surface area (Å²) < 4.78 is 6.87. The average molecular weight is 266 g/mol. The summed E-state index contributed by atoms with van der Waals surface area (Å²) in [5.74, 6) is 0.492. The number of anilines is 1. The van der Waals surface area contributed by atoms with E-state index in [1.54, 1.807) is 16.9 Å². The summed E-state index contributed by atoms with van der Waals surface area (Å²) in [5.41, 5.74) is 6.27. The van der Waals surface area contributed by atoms with Crippen LogP contribution < -0.4 is 16.2 Å². The normalized spacial score (nSPS) is 16.5. The van der Waals surface area contributed by atoms with E-state index in [1.807, 2.05) is 11.9 Å². The van der Waals surface area contributed by atoms with E-state index in [9.17, 15) is 4.79 Å². The van der Waals surface area contributed by atoms with Gasteiger partial charge in [0.25, 0.3) is 5.56 Å². The number of ether oxygens (including phenoxy) is 1. The lowest BCUT2D eigenvalue weighted by Gasteiger charge is -2.22. The lowest BCUT2D eigenvalue weighted by molar-refractivity contribution is 0.0596. The van der Waals surface area contributed by atoms with Crippen LogP contribution in [0.15, 0.2) is 17.1 Å². The summed E-state index contributed by atoms with van der Waals surface area (Å²) in [6, 6.07) is 1.63. The highest BCUT2D eigenvalue weighted by Gasteiger charge is 2.15. The molecule has 0 bridgehead atoms. The quantitative estimate of drug-likeness (QED) is 0.816. The summed E-state index contributed by atoms with van der Waals surface area (Å²) in [6.45, 7) is 3.53. The molecule has 0 aromatic carbocycles. The Hall–Kier alpha value is -1.40. The van der Waals surface area contributed by atoms with Gasteiger partial charge in [-0.1, -0.05) is 0 Å². The first-order valence-corrected chi connectivity index (χ1v) is 6.77. The molecule has 1 fully saturated rings. The van der Waals surface area contributed by atoms with Gasteiger partial charge in [-0.2, -0.15) is 5.10 Å². The molecule has 0 amide bonds. The lowest BCUT2D eigenvalue weighted by Crippen LogP contribution is -2.31. The first-order valence-electron chi connectivity index (χ1n) is 6.77. The van der Waals surface area contributed by atoms with E-state index in [-0.39, 0.29) is 5.56 Å². The second kappa shape index (κ2) is 6.68. The first kappa shape index (κ1) is 14.0. The molecule has 0 saturated carbocycles. The molecule has 2 heterocycles. The van der Waals surface area contributed by atoms with Gasteiger partial charge in [0.1, 0.15) is 0 Å². The van der Waals surface area contributed by atoms with Crippen LogP contribution in [-0.4, -0.2) is 43.1 Å². The van der Waals surface area contributed by atoms with E-state index in [0.717, 1.165) is 31.7 Å². The van der Waals surface area contributed by atoms with Gasteiger partial charge < -0.3 is 15.4 Å². The zero-order valence-corrected chi connectivity index (χ0v) is 11.4. The van der Waals surface area contributed by atoms with Crippen LogP contribution in [0.1, 0.15) is 12.8 Å². The van der Waals surface area contributed by atoms with Crippen LogP contribution in [0.4, 0.5) is 5.69 Å². The number of nitrogens with zero attached hydrogens (tertiary/aromatic N) is 3. The minimum absolute atomic E-state index is 0.0483. The van der Waals surface area contributed by atoms with Gasteiger partial charge in [0.05, 0.1) is 11.9 Å². The van der Waals surface area contributed by atoms with E-state index in [0.29, 0.717) is 25.6 Å². The molecule has 0 radical (unpaired) electrons. The lowest BCUT2D eigenvalue weighted by atomic mass is 10.0. The number of nitrogens with two attached hydrogens (primary N) is 1. The van der Waals surface area contributed by atoms with Crippen LogP contribution in [-0.2, 0) is 11.3 Å². The van der Waals surface area contributed by atoms with Crippen molar-refractivity contribution in [3.8, 4) is 0 Å². The van der Waals surface area contributed by atoms with Gasteiger partial charge >= 0.3 is 0 Å². The second-order valence-electron chi connectivity index (χ2n) is 5.00. The Balaban J connectivity index is 2.04. The number of hydrogen-bond donors (Lipinski definition) is 1. The molecule has 6 heteroatoms. The Morgan fingerprint density at radius 3 is 2.89 bits per heavy atom. The highest BCUT2D eigenvalue weighted by Crippen LogP contribution is 2.16. The number of hydrogen-bond acceptors (Lipinski definition) is 5. The van der Waals surface area contributed by atoms with Crippen molar-refractivity contribution in [1.29, 1.82) is 0 Å². The van der Waals surface area contributed by atoms with Crippen LogP contribution in [0, 0.1) is 5.92 Å². The maximum Gasteiger partial charge on any atom is 0.268 e. The molecule has 6 nitrogen and oxygen atoms in total. The third-order valence-corrected chi connectivity index (χ3v) is 3.53. The van der Waals surface area contributed by atoms with Crippen molar-refractivity contribution in [3.05, 3.63) is 22.6 Å². The fourth-order valence-corrected chi connectivity index (χ4v) is 2.27. The molecule has 0 spiro atoms. The zero-order chi connectivity index (χ0) is 13.7. The molecular weight excluding hydrogens is 244 g/mol.